The van der Waals surface area contributed by atoms with Crippen molar-refractivity contribution in [3.8, 4) is 0 Å². The molecule has 0 atom stereocenters. The Hall–Kier alpha value is -0.630. The summed E-state index contributed by atoms with van der Waals surface area (Å²) < 4.78 is 40.0. The zero-order chi connectivity index (χ0) is 15.5. The van der Waals surface area contributed by atoms with Gasteiger partial charge >= 0.3 is 0 Å². The van der Waals surface area contributed by atoms with Gasteiger partial charge in [-0.1, -0.05) is 6.07 Å². The summed E-state index contributed by atoms with van der Waals surface area (Å²) in [4.78, 5) is -0.235. The second kappa shape index (κ2) is 7.09. The molecule has 7 heteroatoms. The Morgan fingerprint density at radius 3 is 2.76 bits per heavy atom. The van der Waals surface area contributed by atoms with E-state index in [4.69, 9.17) is 0 Å². The molecule has 1 fully saturated rings. The van der Waals surface area contributed by atoms with Crippen LogP contribution in [0.4, 0.5) is 4.39 Å². The molecule has 4 nitrogen and oxygen atoms in total. The maximum Gasteiger partial charge on any atom is 0.245 e. The fourth-order valence-corrected chi connectivity index (χ4v) is 3.77. The van der Waals surface area contributed by atoms with E-state index in [2.05, 4.69) is 5.32 Å². The van der Waals surface area contributed by atoms with Crippen LogP contribution in [0.2, 0.25) is 0 Å². The number of thioether (sulfide) groups is 1. The predicted octanol–water partition coefficient (Wildman–Crippen LogP) is 2.06. The monoisotopic (exact) mass is 332 g/mol. The van der Waals surface area contributed by atoms with Crippen LogP contribution < -0.4 is 5.32 Å². The van der Waals surface area contributed by atoms with Gasteiger partial charge in [-0.15, -0.1) is 0 Å². The number of nitrogens with zero attached hydrogens (tertiary/aromatic N) is 1. The van der Waals surface area contributed by atoms with Crippen LogP contribution in [0.1, 0.15) is 18.4 Å². The minimum atomic E-state index is -3.77. The second-order valence-corrected chi connectivity index (χ2v) is 8.24. The standard InChI is InChI=1S/C14H21FN2O2S2/c1-17(7-8-20-2)21(18,19)14-9-11(3-6-13(14)15)10-16-12-4-5-12/h3,6,9,12,16H,4-5,7-8,10H2,1-2H3. The first kappa shape index (κ1) is 16.7. The minimum absolute atomic E-state index is 0.235. The molecule has 1 aliphatic rings. The fourth-order valence-electron chi connectivity index (χ4n) is 1.91. The lowest BCUT2D eigenvalue weighted by Crippen LogP contribution is -2.30. The quantitative estimate of drug-likeness (QED) is 0.792. The van der Waals surface area contributed by atoms with Crippen LogP contribution in [0.5, 0.6) is 0 Å². The molecule has 0 radical (unpaired) electrons. The molecule has 1 aromatic rings. The Morgan fingerprint density at radius 1 is 1.43 bits per heavy atom. The Kier molecular flexibility index (Phi) is 5.65. The number of hydrogen-bond acceptors (Lipinski definition) is 4. The van der Waals surface area contributed by atoms with E-state index in [9.17, 15) is 12.8 Å². The first-order valence-electron chi connectivity index (χ1n) is 6.92. The van der Waals surface area contributed by atoms with E-state index in [1.807, 2.05) is 6.26 Å². The predicted molar refractivity (Wildman–Crippen MR) is 84.5 cm³/mol. The summed E-state index contributed by atoms with van der Waals surface area (Å²) in [5, 5.41) is 3.30. The SMILES string of the molecule is CSCCN(C)S(=O)(=O)c1cc(CNC2CC2)ccc1F. The molecule has 2 rings (SSSR count). The molecule has 0 saturated heterocycles. The van der Waals surface area contributed by atoms with Crippen LogP contribution in [0.3, 0.4) is 0 Å². The van der Waals surface area contributed by atoms with Crippen molar-refractivity contribution in [2.45, 2.75) is 30.3 Å². The van der Waals surface area contributed by atoms with Gasteiger partial charge in [0, 0.05) is 31.9 Å². The Morgan fingerprint density at radius 2 is 2.14 bits per heavy atom. The molecule has 0 aliphatic heterocycles. The molecule has 118 valence electrons. The maximum atomic E-state index is 13.9. The van der Waals surface area contributed by atoms with E-state index < -0.39 is 15.8 Å². The molecule has 1 aromatic carbocycles. The zero-order valence-electron chi connectivity index (χ0n) is 12.3. The highest BCUT2D eigenvalue weighted by Gasteiger charge is 2.25. The molecule has 1 aliphatic carbocycles. The lowest BCUT2D eigenvalue weighted by Gasteiger charge is -2.17. The van der Waals surface area contributed by atoms with E-state index >= 15 is 0 Å². The topological polar surface area (TPSA) is 49.4 Å². The molecular formula is C14H21FN2O2S2. The molecule has 0 bridgehead atoms. The normalized spacial score (nSPS) is 15.6. The second-order valence-electron chi connectivity index (χ2n) is 5.24. The largest absolute Gasteiger partial charge is 0.310 e. The van der Waals surface area contributed by atoms with Gasteiger partial charge in [0.05, 0.1) is 0 Å². The van der Waals surface area contributed by atoms with Gasteiger partial charge in [-0.25, -0.2) is 17.1 Å². The summed E-state index contributed by atoms with van der Waals surface area (Å²) in [7, 11) is -2.28. The molecule has 0 unspecified atom stereocenters. The lowest BCUT2D eigenvalue weighted by molar-refractivity contribution is 0.479. The number of hydrogen-bond donors (Lipinski definition) is 1. The number of sulfonamides is 1. The third kappa shape index (κ3) is 4.42. The van der Waals surface area contributed by atoms with Gasteiger partial charge in [0.15, 0.2) is 0 Å². The first-order valence-corrected chi connectivity index (χ1v) is 9.75. The molecular weight excluding hydrogens is 311 g/mol. The minimum Gasteiger partial charge on any atom is -0.310 e. The summed E-state index contributed by atoms with van der Waals surface area (Å²) in [6.07, 6.45) is 4.22. The van der Waals surface area contributed by atoms with Crippen LogP contribution in [0.15, 0.2) is 23.1 Å². The maximum absolute atomic E-state index is 13.9. The van der Waals surface area contributed by atoms with Gasteiger partial charge < -0.3 is 5.32 Å². The van der Waals surface area contributed by atoms with Crippen molar-refractivity contribution in [2.24, 2.45) is 0 Å². The average Bonchev–Trinajstić information content (AvgIpc) is 3.27. The van der Waals surface area contributed by atoms with Gasteiger partial charge in [-0.05, 0) is 36.8 Å². The van der Waals surface area contributed by atoms with Crippen molar-refractivity contribution in [2.75, 3.05) is 25.6 Å². The summed E-state index contributed by atoms with van der Waals surface area (Å²) in [6, 6.07) is 4.83. The summed E-state index contributed by atoms with van der Waals surface area (Å²) in [6.45, 7) is 0.940. The van der Waals surface area contributed by atoms with Crippen molar-refractivity contribution in [1.29, 1.82) is 0 Å². The van der Waals surface area contributed by atoms with Gasteiger partial charge in [-0.3, -0.25) is 0 Å². The van der Waals surface area contributed by atoms with E-state index in [1.165, 1.54) is 23.5 Å². The highest BCUT2D eigenvalue weighted by Crippen LogP contribution is 2.22. The zero-order valence-corrected chi connectivity index (χ0v) is 13.9. The van der Waals surface area contributed by atoms with Crippen LogP contribution in [0, 0.1) is 5.82 Å². The number of nitrogens with one attached hydrogen (secondary N) is 1. The van der Waals surface area contributed by atoms with Gasteiger partial charge in [0.1, 0.15) is 10.7 Å². The van der Waals surface area contributed by atoms with E-state index in [0.29, 0.717) is 24.9 Å². The Bertz CT molecular complexity index is 589. The third-order valence-corrected chi connectivity index (χ3v) is 5.93. The molecule has 0 spiro atoms. The Balaban J connectivity index is 2.17. The fraction of sp³-hybridized carbons (Fsp3) is 0.571. The third-order valence-electron chi connectivity index (χ3n) is 3.47. The highest BCUT2D eigenvalue weighted by atomic mass is 32.2. The van der Waals surface area contributed by atoms with Crippen LogP contribution in [-0.4, -0.2) is 44.4 Å². The van der Waals surface area contributed by atoms with Crippen molar-refractivity contribution < 1.29 is 12.8 Å². The number of halogens is 1. The summed E-state index contributed by atoms with van der Waals surface area (Å²) >= 11 is 1.56. The van der Waals surface area contributed by atoms with Crippen molar-refractivity contribution in [1.82, 2.24) is 9.62 Å². The van der Waals surface area contributed by atoms with Gasteiger partial charge in [0.25, 0.3) is 0 Å². The van der Waals surface area contributed by atoms with Crippen LogP contribution >= 0.6 is 11.8 Å². The smallest absolute Gasteiger partial charge is 0.245 e. The van der Waals surface area contributed by atoms with Crippen molar-refractivity contribution >= 4 is 21.8 Å². The number of benzene rings is 1. The Labute approximate surface area is 130 Å². The van der Waals surface area contributed by atoms with Crippen molar-refractivity contribution in [3.63, 3.8) is 0 Å². The summed E-state index contributed by atoms with van der Waals surface area (Å²) in [5.41, 5.74) is 0.792. The number of rotatable bonds is 8. The van der Waals surface area contributed by atoms with Gasteiger partial charge in [0.2, 0.25) is 10.0 Å². The van der Waals surface area contributed by atoms with Crippen LogP contribution in [-0.2, 0) is 16.6 Å². The highest BCUT2D eigenvalue weighted by molar-refractivity contribution is 7.98. The van der Waals surface area contributed by atoms with Gasteiger partial charge in [-0.2, -0.15) is 11.8 Å². The van der Waals surface area contributed by atoms with Crippen LogP contribution in [0.25, 0.3) is 0 Å². The molecule has 1 saturated carbocycles. The van der Waals surface area contributed by atoms with E-state index in [-0.39, 0.29) is 4.90 Å². The van der Waals surface area contributed by atoms with E-state index in [1.54, 1.807) is 17.8 Å². The molecule has 0 aromatic heterocycles. The molecule has 0 amide bonds. The van der Waals surface area contributed by atoms with E-state index in [0.717, 1.165) is 18.4 Å². The lowest BCUT2D eigenvalue weighted by atomic mass is 10.2. The molecule has 0 heterocycles. The molecule has 21 heavy (non-hydrogen) atoms. The first-order chi connectivity index (χ1) is 9.95. The molecule has 1 N–H and O–H groups in total. The van der Waals surface area contributed by atoms with Crippen molar-refractivity contribution in [3.05, 3.63) is 29.6 Å². The average molecular weight is 332 g/mol. The summed E-state index contributed by atoms with van der Waals surface area (Å²) in [5.74, 6) is -0.0125.